The van der Waals surface area contributed by atoms with Gasteiger partial charge in [0, 0.05) is 5.69 Å². The van der Waals surface area contributed by atoms with Crippen LogP contribution >= 0.6 is 11.6 Å². The minimum Gasteiger partial charge on any atom is -0.325 e. The largest absolute Gasteiger partial charge is 0.325 e. The molecule has 0 bridgehead atoms. The van der Waals surface area contributed by atoms with E-state index < -0.39 is 28.3 Å². The Kier molecular flexibility index (Phi) is 5.82. The summed E-state index contributed by atoms with van der Waals surface area (Å²) in [6, 6.07) is 7.23. The molecule has 0 atom stereocenters. The summed E-state index contributed by atoms with van der Waals surface area (Å²) in [5.74, 6) is -1.20. The Morgan fingerprint density at radius 1 is 1.12 bits per heavy atom. The average molecular weight is 385 g/mol. The molecule has 134 valence electrons. The number of nitrogens with one attached hydrogen (secondary N) is 2. The van der Waals surface area contributed by atoms with Gasteiger partial charge in [-0.3, -0.25) is 4.79 Å². The maximum Gasteiger partial charge on any atom is 0.241 e. The normalized spacial score (nSPS) is 11.4. The first kappa shape index (κ1) is 19.4. The van der Waals surface area contributed by atoms with Crippen LogP contribution in [0.1, 0.15) is 16.7 Å². The lowest BCUT2D eigenvalue weighted by Crippen LogP contribution is -2.33. The molecule has 2 aromatic rings. The summed E-state index contributed by atoms with van der Waals surface area (Å²) in [4.78, 5) is 12.1. The molecule has 2 rings (SSSR count). The van der Waals surface area contributed by atoms with E-state index in [0.717, 1.165) is 11.6 Å². The zero-order valence-corrected chi connectivity index (χ0v) is 15.6. The van der Waals surface area contributed by atoms with Gasteiger partial charge in [-0.15, -0.1) is 0 Å². The Hall–Kier alpha value is -1.96. The Morgan fingerprint density at radius 3 is 2.28 bits per heavy atom. The van der Waals surface area contributed by atoms with E-state index in [1.165, 1.54) is 12.1 Å². The number of carbonyl (C=O) groups excluding carboxylic acids is 1. The van der Waals surface area contributed by atoms with E-state index >= 15 is 0 Å². The Morgan fingerprint density at radius 2 is 1.72 bits per heavy atom. The van der Waals surface area contributed by atoms with E-state index in [9.17, 15) is 17.6 Å². The van der Waals surface area contributed by atoms with Gasteiger partial charge in [-0.05, 0) is 50.1 Å². The quantitative estimate of drug-likeness (QED) is 0.830. The van der Waals surface area contributed by atoms with E-state index in [4.69, 9.17) is 11.6 Å². The molecule has 2 aromatic carbocycles. The molecule has 0 spiro atoms. The average Bonchev–Trinajstić information content (AvgIpc) is 2.48. The van der Waals surface area contributed by atoms with Crippen molar-refractivity contribution in [2.45, 2.75) is 25.7 Å². The standard InChI is InChI=1S/C17H18ClFN2O3S/c1-10-6-11(2)17(12(3)7-10)25(23,24)20-9-16(22)21-13-4-5-15(19)14(18)8-13/h4-8,20H,9H2,1-3H3,(H,21,22). The van der Waals surface area contributed by atoms with Crippen LogP contribution in [0.15, 0.2) is 35.2 Å². The zero-order chi connectivity index (χ0) is 18.8. The van der Waals surface area contributed by atoms with Crippen molar-refractivity contribution < 1.29 is 17.6 Å². The van der Waals surface area contributed by atoms with Crippen molar-refractivity contribution in [2.75, 3.05) is 11.9 Å². The van der Waals surface area contributed by atoms with Crippen LogP contribution in [0.25, 0.3) is 0 Å². The molecule has 0 radical (unpaired) electrons. The molecule has 0 saturated carbocycles. The molecule has 5 nitrogen and oxygen atoms in total. The number of aryl methyl sites for hydroxylation is 3. The zero-order valence-electron chi connectivity index (χ0n) is 14.0. The molecule has 25 heavy (non-hydrogen) atoms. The number of hydrogen-bond donors (Lipinski definition) is 2. The Labute approximate surface area is 151 Å². The first-order valence-electron chi connectivity index (χ1n) is 7.42. The van der Waals surface area contributed by atoms with Gasteiger partial charge in [-0.2, -0.15) is 0 Å². The van der Waals surface area contributed by atoms with Crippen LogP contribution in [-0.4, -0.2) is 20.9 Å². The molecule has 0 unspecified atom stereocenters. The van der Waals surface area contributed by atoms with Gasteiger partial charge in [0.1, 0.15) is 5.82 Å². The number of benzene rings is 2. The minimum atomic E-state index is -3.84. The van der Waals surface area contributed by atoms with Crippen LogP contribution in [0, 0.1) is 26.6 Å². The number of sulfonamides is 1. The predicted molar refractivity (Wildman–Crippen MR) is 95.9 cm³/mol. The summed E-state index contributed by atoms with van der Waals surface area (Å²) < 4.78 is 40.3. The highest BCUT2D eigenvalue weighted by Gasteiger charge is 2.20. The smallest absolute Gasteiger partial charge is 0.241 e. The molecule has 0 saturated heterocycles. The number of hydrogen-bond acceptors (Lipinski definition) is 3. The second kappa shape index (κ2) is 7.51. The molecule has 8 heteroatoms. The molecule has 0 aliphatic heterocycles. The van der Waals surface area contributed by atoms with E-state index in [2.05, 4.69) is 10.0 Å². The Balaban J connectivity index is 2.09. The van der Waals surface area contributed by atoms with Crippen molar-refractivity contribution >= 4 is 33.2 Å². The second-order valence-corrected chi connectivity index (χ2v) is 7.84. The van der Waals surface area contributed by atoms with Gasteiger partial charge in [0.05, 0.1) is 16.5 Å². The highest BCUT2D eigenvalue weighted by Crippen LogP contribution is 2.22. The van der Waals surface area contributed by atoms with Gasteiger partial charge in [0.15, 0.2) is 0 Å². The summed E-state index contributed by atoms with van der Waals surface area (Å²) >= 11 is 5.64. The molecular weight excluding hydrogens is 367 g/mol. The van der Waals surface area contributed by atoms with E-state index in [1.807, 2.05) is 6.92 Å². The van der Waals surface area contributed by atoms with Crippen LogP contribution in [-0.2, 0) is 14.8 Å². The number of amides is 1. The lowest BCUT2D eigenvalue weighted by molar-refractivity contribution is -0.115. The highest BCUT2D eigenvalue weighted by atomic mass is 35.5. The second-order valence-electron chi connectivity index (χ2n) is 5.73. The highest BCUT2D eigenvalue weighted by molar-refractivity contribution is 7.89. The molecule has 1 amide bonds. The van der Waals surface area contributed by atoms with Crippen molar-refractivity contribution in [3.8, 4) is 0 Å². The minimum absolute atomic E-state index is 0.135. The van der Waals surface area contributed by atoms with Gasteiger partial charge in [-0.1, -0.05) is 29.3 Å². The first-order chi connectivity index (χ1) is 11.6. The van der Waals surface area contributed by atoms with Gasteiger partial charge >= 0.3 is 0 Å². The van der Waals surface area contributed by atoms with Gasteiger partial charge in [0.25, 0.3) is 0 Å². The fraction of sp³-hybridized carbons (Fsp3) is 0.235. The molecule has 0 aliphatic carbocycles. The van der Waals surface area contributed by atoms with Gasteiger partial charge in [0.2, 0.25) is 15.9 Å². The van der Waals surface area contributed by atoms with E-state index in [1.54, 1.807) is 26.0 Å². The maximum absolute atomic E-state index is 13.1. The van der Waals surface area contributed by atoms with Crippen LogP contribution < -0.4 is 10.0 Å². The summed E-state index contributed by atoms with van der Waals surface area (Å²) in [5.41, 5.74) is 2.45. The molecule has 0 aliphatic rings. The summed E-state index contributed by atoms with van der Waals surface area (Å²) in [6.45, 7) is 4.83. The molecular formula is C17H18ClFN2O3S. The van der Waals surface area contributed by atoms with Crippen LogP contribution in [0.4, 0.5) is 10.1 Å². The van der Waals surface area contributed by atoms with Crippen molar-refractivity contribution in [3.05, 3.63) is 57.9 Å². The van der Waals surface area contributed by atoms with Crippen molar-refractivity contribution in [2.24, 2.45) is 0 Å². The molecule has 0 aromatic heterocycles. The lowest BCUT2D eigenvalue weighted by Gasteiger charge is -2.13. The number of rotatable bonds is 5. The number of anilines is 1. The maximum atomic E-state index is 13.1. The van der Waals surface area contributed by atoms with Crippen LogP contribution in [0.3, 0.4) is 0 Å². The molecule has 0 heterocycles. The first-order valence-corrected chi connectivity index (χ1v) is 9.28. The third-order valence-corrected chi connectivity index (χ3v) is 5.49. The fourth-order valence-corrected chi connectivity index (χ4v) is 4.21. The van der Waals surface area contributed by atoms with Gasteiger partial charge < -0.3 is 5.32 Å². The Bertz CT molecular complexity index is 906. The SMILES string of the molecule is Cc1cc(C)c(S(=O)(=O)NCC(=O)Nc2ccc(F)c(Cl)c2)c(C)c1. The summed E-state index contributed by atoms with van der Waals surface area (Å²) in [5, 5.41) is 2.32. The summed E-state index contributed by atoms with van der Waals surface area (Å²) in [7, 11) is -3.84. The topological polar surface area (TPSA) is 75.3 Å². The third-order valence-electron chi connectivity index (χ3n) is 3.50. The van der Waals surface area contributed by atoms with Crippen molar-refractivity contribution in [3.63, 3.8) is 0 Å². The van der Waals surface area contributed by atoms with E-state index in [0.29, 0.717) is 11.1 Å². The van der Waals surface area contributed by atoms with E-state index in [-0.39, 0.29) is 15.6 Å². The molecule has 0 fully saturated rings. The lowest BCUT2D eigenvalue weighted by atomic mass is 10.1. The monoisotopic (exact) mass is 384 g/mol. The number of carbonyl (C=O) groups is 1. The van der Waals surface area contributed by atoms with Crippen LogP contribution in [0.2, 0.25) is 5.02 Å². The van der Waals surface area contributed by atoms with Crippen molar-refractivity contribution in [1.29, 1.82) is 0 Å². The molecule has 2 N–H and O–H groups in total. The number of halogens is 2. The predicted octanol–water partition coefficient (Wildman–Crippen LogP) is 3.32. The fourth-order valence-electron chi connectivity index (χ4n) is 2.60. The van der Waals surface area contributed by atoms with Crippen LogP contribution in [0.5, 0.6) is 0 Å². The summed E-state index contributed by atoms with van der Waals surface area (Å²) in [6.07, 6.45) is 0. The van der Waals surface area contributed by atoms with Gasteiger partial charge in [-0.25, -0.2) is 17.5 Å². The third kappa shape index (κ3) is 4.78. The van der Waals surface area contributed by atoms with Crippen molar-refractivity contribution in [1.82, 2.24) is 4.72 Å².